The second-order valence-electron chi connectivity index (χ2n) is 13.9. The Morgan fingerprint density at radius 3 is 2.71 bits per heavy atom. The van der Waals surface area contributed by atoms with Crippen molar-refractivity contribution in [1.29, 1.82) is 0 Å². The highest BCUT2D eigenvalue weighted by Crippen LogP contribution is 2.37. The highest BCUT2D eigenvalue weighted by Gasteiger charge is 2.35. The molecule has 0 spiro atoms. The summed E-state index contributed by atoms with van der Waals surface area (Å²) in [7, 11) is 0. The second-order valence-corrected chi connectivity index (χ2v) is 15.6. The highest BCUT2D eigenvalue weighted by molar-refractivity contribution is 14.1. The minimum absolute atomic E-state index is 0.137. The van der Waals surface area contributed by atoms with Gasteiger partial charge in [-0.05, 0) is 115 Å². The summed E-state index contributed by atoms with van der Waals surface area (Å²) >= 11 is 9.15. The van der Waals surface area contributed by atoms with Crippen molar-refractivity contribution in [2.45, 2.75) is 57.2 Å². The van der Waals surface area contributed by atoms with E-state index in [2.05, 4.69) is 97.2 Å². The van der Waals surface area contributed by atoms with Gasteiger partial charge in [0, 0.05) is 52.4 Å². The fourth-order valence-electron chi connectivity index (χ4n) is 8.06. The number of amides is 1. The first-order valence-electron chi connectivity index (χ1n) is 18.4. The molecule has 1 aromatic heterocycles. The lowest BCUT2D eigenvalue weighted by Gasteiger charge is -2.41. The number of anilines is 2. The zero-order chi connectivity index (χ0) is 36.0. The van der Waals surface area contributed by atoms with Gasteiger partial charge in [-0.2, -0.15) is 9.97 Å². The van der Waals surface area contributed by atoms with E-state index in [4.69, 9.17) is 32.9 Å². The van der Waals surface area contributed by atoms with Crippen molar-refractivity contribution in [3.8, 4) is 6.01 Å². The molecule has 7 rings (SSSR count). The molecular weight excluding hydrogens is 789 g/mol. The molecule has 9 nitrogen and oxygen atoms in total. The maximum atomic E-state index is 12.7. The molecular formula is C41H45ClIN7O2. The predicted molar refractivity (Wildman–Crippen MR) is 217 cm³/mol. The van der Waals surface area contributed by atoms with Crippen LogP contribution in [0.4, 0.5) is 11.5 Å². The summed E-state index contributed by atoms with van der Waals surface area (Å²) in [5.41, 5.74) is 4.55. The van der Waals surface area contributed by atoms with Gasteiger partial charge in [0.15, 0.2) is 0 Å². The van der Waals surface area contributed by atoms with Crippen LogP contribution in [-0.2, 0) is 24.2 Å². The van der Waals surface area contributed by atoms with E-state index in [1.54, 1.807) is 4.90 Å². The van der Waals surface area contributed by atoms with Crippen molar-refractivity contribution in [2.75, 3.05) is 62.2 Å². The Balaban J connectivity index is 1.11. The van der Waals surface area contributed by atoms with Crippen molar-refractivity contribution in [1.82, 2.24) is 19.8 Å². The summed E-state index contributed by atoms with van der Waals surface area (Å²) in [4.78, 5) is 35.5. The molecule has 0 unspecified atom stereocenters. The molecule has 1 amide bonds. The fraction of sp³-hybridized carbons (Fsp3) is 0.415. The lowest BCUT2D eigenvalue weighted by Crippen LogP contribution is -2.56. The van der Waals surface area contributed by atoms with Gasteiger partial charge in [-0.3, -0.25) is 9.69 Å². The molecule has 3 aliphatic rings. The number of aromatic nitrogens is 2. The van der Waals surface area contributed by atoms with Gasteiger partial charge in [0.1, 0.15) is 18.5 Å². The van der Waals surface area contributed by atoms with E-state index in [9.17, 15) is 4.79 Å². The molecule has 52 heavy (non-hydrogen) atoms. The first-order valence-corrected chi connectivity index (χ1v) is 19.8. The maximum Gasteiger partial charge on any atom is 0.318 e. The first-order chi connectivity index (χ1) is 25.4. The summed E-state index contributed by atoms with van der Waals surface area (Å²) in [6.45, 7) is 17.2. The molecule has 3 aromatic carbocycles. The molecule has 270 valence electrons. The molecule has 0 saturated carbocycles. The second kappa shape index (κ2) is 16.8. The largest absolute Gasteiger partial charge is 0.462 e. The van der Waals surface area contributed by atoms with Gasteiger partial charge < -0.3 is 24.3 Å². The minimum Gasteiger partial charge on any atom is -0.462 e. The van der Waals surface area contributed by atoms with Gasteiger partial charge >= 0.3 is 6.01 Å². The number of hydrogen-bond acceptors (Lipinski definition) is 7. The van der Waals surface area contributed by atoms with Gasteiger partial charge in [-0.1, -0.05) is 54.6 Å². The molecule has 0 bridgehead atoms. The van der Waals surface area contributed by atoms with Crippen LogP contribution in [0, 0.1) is 10.1 Å². The lowest BCUT2D eigenvalue weighted by molar-refractivity contribution is -0.128. The summed E-state index contributed by atoms with van der Waals surface area (Å²) in [5.74, 6) is 0.720. The number of rotatable bonds is 12. The van der Waals surface area contributed by atoms with Gasteiger partial charge in [0.25, 0.3) is 0 Å². The SMILES string of the molecule is [C-]#[N+]C[C@H]1CN(c2nc(OC[C@@H]3CCCN3CCCCc3cccc([131I])c3)nc3c2CCN(c2cccc4cccc(Cl)c24)C3)CCN1C(=O)C=C. The number of halogens is 2. The molecule has 0 aliphatic carbocycles. The Morgan fingerprint density at radius 1 is 1.04 bits per heavy atom. The normalized spacial score (nSPS) is 19.1. The Kier molecular flexibility index (Phi) is 11.8. The van der Waals surface area contributed by atoms with Crippen molar-refractivity contribution in [3.63, 3.8) is 0 Å². The number of likely N-dealkylation sites (tertiary alicyclic amines) is 1. The van der Waals surface area contributed by atoms with Crippen LogP contribution in [0.5, 0.6) is 6.01 Å². The topological polar surface area (TPSA) is 69.4 Å². The number of fused-ring (bicyclic) bond motifs is 2. The number of carbonyl (C=O) groups is 1. The standard InChI is InChI=1S/C41H45ClIN7O2/c1-3-38(51)50-23-22-49(26-33(50)25-44-2)40-34-18-21-48(37-17-8-13-30-12-7-16-35(42)39(30)37)27-36(34)45-41(46-40)52-28-32-15-9-20-47(32)19-5-4-10-29-11-6-14-31(43)24-29/h3,6-8,11-14,16-17,24,32-33H,1,4-5,9-10,15,18-23,25-28H2/t32-,33-/m0/s1/i43+4. The lowest BCUT2D eigenvalue weighted by atomic mass is 10.0. The van der Waals surface area contributed by atoms with Crippen LogP contribution in [0.1, 0.15) is 42.5 Å². The van der Waals surface area contributed by atoms with Crippen molar-refractivity contribution < 1.29 is 9.53 Å². The van der Waals surface area contributed by atoms with Crippen LogP contribution >= 0.6 is 34.2 Å². The van der Waals surface area contributed by atoms with E-state index in [1.165, 1.54) is 28.1 Å². The first kappa shape index (κ1) is 36.4. The average Bonchev–Trinajstić information content (AvgIpc) is 3.62. The summed E-state index contributed by atoms with van der Waals surface area (Å²) < 4.78 is 7.82. The molecule has 0 N–H and O–H groups in total. The van der Waals surface area contributed by atoms with E-state index >= 15 is 0 Å². The third-order valence-corrected chi connectivity index (χ3v) is 11.7. The van der Waals surface area contributed by atoms with E-state index in [-0.39, 0.29) is 18.5 Å². The van der Waals surface area contributed by atoms with Gasteiger partial charge in [0.05, 0.1) is 17.3 Å². The van der Waals surface area contributed by atoms with Crippen LogP contribution in [0.15, 0.2) is 73.3 Å². The van der Waals surface area contributed by atoms with Crippen LogP contribution in [0.3, 0.4) is 0 Å². The Morgan fingerprint density at radius 2 is 1.88 bits per heavy atom. The zero-order valence-corrected chi connectivity index (χ0v) is 32.4. The molecule has 2 fully saturated rings. The third kappa shape index (κ3) is 8.17. The van der Waals surface area contributed by atoms with E-state index in [0.29, 0.717) is 44.8 Å². The molecule has 0 radical (unpaired) electrons. The van der Waals surface area contributed by atoms with E-state index < -0.39 is 0 Å². The number of benzene rings is 3. The Bertz CT molecular complexity index is 1960. The van der Waals surface area contributed by atoms with E-state index in [1.807, 2.05) is 12.1 Å². The fourth-order valence-corrected chi connectivity index (χ4v) is 8.95. The maximum absolute atomic E-state index is 12.7. The molecule has 4 aromatic rings. The number of ether oxygens (including phenoxy) is 1. The van der Waals surface area contributed by atoms with Gasteiger partial charge in [-0.15, -0.1) is 0 Å². The summed E-state index contributed by atoms with van der Waals surface area (Å²) in [6.07, 6.45) is 7.79. The van der Waals surface area contributed by atoms with Crippen LogP contribution in [0.2, 0.25) is 5.02 Å². The Hall–Kier alpha value is -3.92. The monoisotopic (exact) mass is 833 g/mol. The summed E-state index contributed by atoms with van der Waals surface area (Å²) in [6, 6.07) is 21.6. The van der Waals surface area contributed by atoms with Crippen molar-refractivity contribution in [3.05, 3.63) is 110 Å². The number of carbonyl (C=O) groups excluding carboxylic acids is 1. The van der Waals surface area contributed by atoms with Crippen LogP contribution in [-0.4, -0.2) is 90.2 Å². The minimum atomic E-state index is -0.248. The molecule has 4 heterocycles. The molecule has 11 heteroatoms. The Labute approximate surface area is 325 Å². The average molecular weight is 834 g/mol. The number of hydrogen-bond donors (Lipinski definition) is 0. The summed E-state index contributed by atoms with van der Waals surface area (Å²) in [5, 5.41) is 2.89. The van der Waals surface area contributed by atoms with Gasteiger partial charge in [0.2, 0.25) is 12.5 Å². The van der Waals surface area contributed by atoms with Crippen molar-refractivity contribution >= 4 is 62.4 Å². The van der Waals surface area contributed by atoms with Gasteiger partial charge in [-0.25, -0.2) is 6.57 Å². The third-order valence-electron chi connectivity index (χ3n) is 10.7. The molecule has 2 atom stereocenters. The number of aryl methyl sites for hydroxylation is 1. The number of unbranched alkanes of at least 4 members (excludes halogenated alkanes) is 1. The van der Waals surface area contributed by atoms with Crippen molar-refractivity contribution in [2.24, 2.45) is 0 Å². The molecule has 2 saturated heterocycles. The smallest absolute Gasteiger partial charge is 0.318 e. The van der Waals surface area contributed by atoms with Crippen LogP contribution in [0.25, 0.3) is 15.6 Å². The quantitative estimate of drug-likeness (QED) is 0.0637. The number of piperazine rings is 1. The van der Waals surface area contributed by atoms with E-state index in [0.717, 1.165) is 83.9 Å². The zero-order valence-electron chi connectivity index (χ0n) is 29.5. The highest BCUT2D eigenvalue weighted by atomic mass is 131. The number of nitrogens with zero attached hydrogens (tertiary/aromatic N) is 7. The predicted octanol–water partition coefficient (Wildman–Crippen LogP) is 7.44. The molecule has 3 aliphatic heterocycles. The van der Waals surface area contributed by atoms with Crippen LogP contribution < -0.4 is 14.5 Å².